The Morgan fingerprint density at radius 1 is 0.903 bits per heavy atom. The lowest BCUT2D eigenvalue weighted by atomic mass is 9.95. The van der Waals surface area contributed by atoms with Crippen molar-refractivity contribution in [2.45, 2.75) is 30.9 Å². The third kappa shape index (κ3) is 5.51. The number of hydrogen-bond acceptors (Lipinski definition) is 5. The third-order valence-electron chi connectivity index (χ3n) is 4.81. The van der Waals surface area contributed by atoms with E-state index in [-0.39, 0.29) is 4.90 Å². The summed E-state index contributed by atoms with van der Waals surface area (Å²) >= 11 is 0. The van der Waals surface area contributed by atoms with Gasteiger partial charge in [-0.05, 0) is 30.7 Å². The Hall–Kier alpha value is -3.16. The van der Waals surface area contributed by atoms with E-state index in [1.807, 2.05) is 13.0 Å². The molecule has 0 radical (unpaired) electrons. The molecule has 0 aromatic heterocycles. The molecule has 2 atom stereocenters. The quantitative estimate of drug-likeness (QED) is 0.529. The van der Waals surface area contributed by atoms with Crippen molar-refractivity contribution in [3.8, 4) is 5.75 Å². The number of nitrogens with one attached hydrogen (secondary N) is 1. The van der Waals surface area contributed by atoms with Gasteiger partial charge in [-0.15, -0.1) is 0 Å². The Kier molecular flexibility index (Phi) is 7.09. The average molecular weight is 440 g/mol. The summed E-state index contributed by atoms with van der Waals surface area (Å²) in [6.07, 6.45) is -0.948. The van der Waals surface area contributed by atoms with Gasteiger partial charge in [-0.1, -0.05) is 66.2 Å². The summed E-state index contributed by atoms with van der Waals surface area (Å²) in [5, 5.41) is 0. The van der Waals surface area contributed by atoms with Gasteiger partial charge in [0.25, 0.3) is 0 Å². The number of rotatable bonds is 8. The van der Waals surface area contributed by atoms with E-state index in [4.69, 9.17) is 9.47 Å². The molecule has 0 aliphatic carbocycles. The smallest absolute Gasteiger partial charge is 0.303 e. The van der Waals surface area contributed by atoms with Crippen LogP contribution in [0.25, 0.3) is 0 Å². The zero-order valence-corrected chi connectivity index (χ0v) is 18.4. The van der Waals surface area contributed by atoms with Gasteiger partial charge in [0.2, 0.25) is 10.0 Å². The van der Waals surface area contributed by atoms with Gasteiger partial charge in [0.15, 0.2) is 6.10 Å². The maximum Gasteiger partial charge on any atom is 0.303 e. The van der Waals surface area contributed by atoms with Crippen LogP contribution >= 0.6 is 0 Å². The van der Waals surface area contributed by atoms with Crippen LogP contribution in [0.5, 0.6) is 5.75 Å². The summed E-state index contributed by atoms with van der Waals surface area (Å²) in [5.41, 5.74) is 2.15. The fourth-order valence-electron chi connectivity index (χ4n) is 3.31. The summed E-state index contributed by atoms with van der Waals surface area (Å²) < 4.78 is 40.3. The molecule has 0 spiro atoms. The molecule has 0 saturated heterocycles. The SMILES string of the molecule is COc1ccccc1[C@@H](OC(C)=O)[C@H](NS(=O)(=O)c1ccc(C)cc1)c1ccccc1. The van der Waals surface area contributed by atoms with E-state index < -0.39 is 28.1 Å². The number of methoxy groups -OCH3 is 1. The van der Waals surface area contributed by atoms with Gasteiger partial charge in [0, 0.05) is 12.5 Å². The van der Waals surface area contributed by atoms with E-state index >= 15 is 0 Å². The zero-order valence-electron chi connectivity index (χ0n) is 17.6. The van der Waals surface area contributed by atoms with Crippen LogP contribution in [0.3, 0.4) is 0 Å². The second-order valence-corrected chi connectivity index (χ2v) is 8.81. The molecule has 3 aromatic carbocycles. The van der Waals surface area contributed by atoms with Crippen molar-refractivity contribution < 1.29 is 22.7 Å². The Morgan fingerprint density at radius 2 is 1.52 bits per heavy atom. The summed E-state index contributed by atoms with van der Waals surface area (Å²) in [5.74, 6) is -0.0458. The standard InChI is InChI=1S/C24H25NO5S/c1-17-13-15-20(16-14-17)31(27,28)25-23(19-9-5-4-6-10-19)24(30-18(2)26)21-11-7-8-12-22(21)29-3/h4-16,23-25H,1-3H3/t23-,24-/m1/s1. The molecule has 162 valence electrons. The van der Waals surface area contributed by atoms with Crippen molar-refractivity contribution in [1.82, 2.24) is 4.72 Å². The number of esters is 1. The predicted octanol–water partition coefficient (Wildman–Crippen LogP) is 4.33. The van der Waals surface area contributed by atoms with Crippen LogP contribution in [0, 0.1) is 6.92 Å². The van der Waals surface area contributed by atoms with Crippen LogP contribution in [0.15, 0.2) is 83.8 Å². The van der Waals surface area contributed by atoms with Crippen LogP contribution in [0.2, 0.25) is 0 Å². The van der Waals surface area contributed by atoms with Gasteiger partial charge in [0.1, 0.15) is 5.75 Å². The highest BCUT2D eigenvalue weighted by Gasteiger charge is 2.33. The number of hydrogen-bond donors (Lipinski definition) is 1. The minimum Gasteiger partial charge on any atom is -0.496 e. The van der Waals surface area contributed by atoms with E-state index in [9.17, 15) is 13.2 Å². The van der Waals surface area contributed by atoms with E-state index in [0.717, 1.165) is 5.56 Å². The first kappa shape index (κ1) is 22.5. The van der Waals surface area contributed by atoms with E-state index in [2.05, 4.69) is 4.72 Å². The number of benzene rings is 3. The lowest BCUT2D eigenvalue weighted by Crippen LogP contribution is -2.34. The van der Waals surface area contributed by atoms with Crippen LogP contribution in [0.1, 0.15) is 35.8 Å². The maximum absolute atomic E-state index is 13.2. The highest BCUT2D eigenvalue weighted by Crippen LogP contribution is 2.38. The first-order valence-corrected chi connectivity index (χ1v) is 11.2. The van der Waals surface area contributed by atoms with Gasteiger partial charge >= 0.3 is 5.97 Å². The van der Waals surface area contributed by atoms with Crippen LogP contribution in [0.4, 0.5) is 0 Å². The van der Waals surface area contributed by atoms with Crippen molar-refractivity contribution in [3.05, 3.63) is 95.6 Å². The molecule has 0 amide bonds. The lowest BCUT2D eigenvalue weighted by Gasteiger charge is -2.29. The van der Waals surface area contributed by atoms with Crippen molar-refractivity contribution in [3.63, 3.8) is 0 Å². The van der Waals surface area contributed by atoms with Crippen LogP contribution in [-0.4, -0.2) is 21.5 Å². The minimum atomic E-state index is -3.91. The molecule has 3 rings (SSSR count). The fraction of sp³-hybridized carbons (Fsp3) is 0.208. The molecule has 1 N–H and O–H groups in total. The van der Waals surface area contributed by atoms with Gasteiger partial charge in [0.05, 0.1) is 18.0 Å². The molecule has 0 heterocycles. The third-order valence-corrected chi connectivity index (χ3v) is 6.27. The second-order valence-electron chi connectivity index (χ2n) is 7.09. The van der Waals surface area contributed by atoms with Crippen molar-refractivity contribution in [2.24, 2.45) is 0 Å². The Labute approximate surface area is 182 Å². The molecule has 7 heteroatoms. The van der Waals surface area contributed by atoms with Gasteiger partial charge in [-0.2, -0.15) is 4.72 Å². The van der Waals surface area contributed by atoms with Gasteiger partial charge in [-0.25, -0.2) is 8.42 Å². The molecule has 0 fully saturated rings. The zero-order chi connectivity index (χ0) is 22.4. The molecule has 0 aliphatic rings. The van der Waals surface area contributed by atoms with Crippen LogP contribution < -0.4 is 9.46 Å². The maximum atomic E-state index is 13.2. The molecule has 31 heavy (non-hydrogen) atoms. The molecule has 3 aromatic rings. The molecule has 0 unspecified atom stereocenters. The number of ether oxygens (including phenoxy) is 2. The van der Waals surface area contributed by atoms with Crippen molar-refractivity contribution in [1.29, 1.82) is 0 Å². The van der Waals surface area contributed by atoms with Crippen molar-refractivity contribution in [2.75, 3.05) is 7.11 Å². The number of sulfonamides is 1. The van der Waals surface area contributed by atoms with E-state index in [1.54, 1.807) is 72.8 Å². The molecule has 0 bridgehead atoms. The monoisotopic (exact) mass is 439 g/mol. The molecule has 6 nitrogen and oxygen atoms in total. The first-order chi connectivity index (χ1) is 14.8. The number of carbonyl (C=O) groups is 1. The normalized spacial score (nSPS) is 13.3. The highest BCUT2D eigenvalue weighted by molar-refractivity contribution is 7.89. The van der Waals surface area contributed by atoms with Gasteiger partial charge < -0.3 is 9.47 Å². The van der Waals surface area contributed by atoms with Gasteiger partial charge in [-0.3, -0.25) is 4.79 Å². The average Bonchev–Trinajstić information content (AvgIpc) is 2.77. The van der Waals surface area contributed by atoms with Crippen LogP contribution in [-0.2, 0) is 19.6 Å². The summed E-state index contributed by atoms with van der Waals surface area (Å²) in [4.78, 5) is 12.1. The Bertz CT molecular complexity index is 1130. The largest absolute Gasteiger partial charge is 0.496 e. The van der Waals surface area contributed by atoms with E-state index in [1.165, 1.54) is 14.0 Å². The lowest BCUT2D eigenvalue weighted by molar-refractivity contribution is -0.148. The molecular weight excluding hydrogens is 414 g/mol. The first-order valence-electron chi connectivity index (χ1n) is 9.76. The fourth-order valence-corrected chi connectivity index (χ4v) is 4.53. The predicted molar refractivity (Wildman–Crippen MR) is 118 cm³/mol. The van der Waals surface area contributed by atoms with E-state index in [0.29, 0.717) is 16.9 Å². The number of para-hydroxylation sites is 1. The number of carbonyl (C=O) groups excluding carboxylic acids is 1. The summed E-state index contributed by atoms with van der Waals surface area (Å²) in [6.45, 7) is 3.17. The highest BCUT2D eigenvalue weighted by atomic mass is 32.2. The number of aryl methyl sites for hydroxylation is 1. The molecule has 0 aliphatic heterocycles. The van der Waals surface area contributed by atoms with Crippen molar-refractivity contribution >= 4 is 16.0 Å². The topological polar surface area (TPSA) is 81.7 Å². The molecule has 0 saturated carbocycles. The Balaban J connectivity index is 2.12. The molecular formula is C24H25NO5S. The summed E-state index contributed by atoms with van der Waals surface area (Å²) in [6, 6.07) is 21.7. The second kappa shape index (κ2) is 9.76. The Morgan fingerprint density at radius 3 is 2.13 bits per heavy atom. The minimum absolute atomic E-state index is 0.126. The summed E-state index contributed by atoms with van der Waals surface area (Å²) in [7, 11) is -2.40.